The molecule has 434 valence electrons. The van der Waals surface area contributed by atoms with E-state index in [0.717, 1.165) is 128 Å². The smallest absolute Gasteiger partial charge is 0.335 e. The fourth-order valence-electron chi connectivity index (χ4n) is 8.02. The molecule has 77 heavy (non-hydrogen) atoms. The highest BCUT2D eigenvalue weighted by molar-refractivity contribution is 5.74. The topological polar surface area (TPSA) is 175 Å². The van der Waals surface area contributed by atoms with Crippen LogP contribution in [-0.2, 0) is 42.9 Å². The van der Waals surface area contributed by atoms with E-state index in [9.17, 15) is 34.5 Å². The van der Waals surface area contributed by atoms with Gasteiger partial charge in [0.2, 0.25) is 0 Å². The minimum absolute atomic E-state index is 0.126. The number of allylic oxidation sites excluding steroid dienone is 19. The van der Waals surface area contributed by atoms with E-state index in [-0.39, 0.29) is 25.9 Å². The molecule has 0 aromatic carbocycles. The first-order valence-corrected chi connectivity index (χ1v) is 29.5. The van der Waals surface area contributed by atoms with Crippen molar-refractivity contribution in [3.63, 3.8) is 0 Å². The van der Waals surface area contributed by atoms with Gasteiger partial charge in [0, 0.05) is 12.8 Å². The Morgan fingerprint density at radius 2 is 0.883 bits per heavy atom. The summed E-state index contributed by atoms with van der Waals surface area (Å²) in [5.41, 5.74) is 0. The van der Waals surface area contributed by atoms with Crippen LogP contribution in [0.5, 0.6) is 0 Å². The molecule has 1 heterocycles. The molecule has 0 amide bonds. The predicted molar refractivity (Wildman–Crippen MR) is 312 cm³/mol. The number of aliphatic hydroxyl groups excluding tert-OH is 2. The number of unbranched alkanes of at least 4 members (excludes halogenated alkanes) is 15. The summed E-state index contributed by atoms with van der Waals surface area (Å²) in [5.74, 6) is -3.34. The molecule has 1 aliphatic heterocycles. The number of ether oxygens (including phenoxy) is 5. The third-order valence-electron chi connectivity index (χ3n) is 12.5. The van der Waals surface area contributed by atoms with Crippen LogP contribution in [0.15, 0.2) is 122 Å². The van der Waals surface area contributed by atoms with E-state index in [1.807, 2.05) is 12.2 Å². The molecule has 1 saturated heterocycles. The van der Waals surface area contributed by atoms with Crippen molar-refractivity contribution in [1.82, 2.24) is 0 Å². The number of aliphatic carboxylic acids is 1. The zero-order valence-electron chi connectivity index (χ0n) is 47.7. The number of carboxylic acid groups (broad SMARTS) is 1. The van der Waals surface area contributed by atoms with Gasteiger partial charge >= 0.3 is 23.9 Å². The van der Waals surface area contributed by atoms with Crippen LogP contribution in [0.1, 0.15) is 213 Å². The molecular weight excluding hydrogens is 973 g/mol. The number of carboxylic acids is 1. The number of rotatable bonds is 48. The monoisotopic (exact) mass is 1070 g/mol. The first kappa shape index (κ1) is 70.1. The maximum atomic E-state index is 13.1. The number of esters is 3. The van der Waals surface area contributed by atoms with E-state index in [4.69, 9.17) is 23.7 Å². The molecule has 1 fully saturated rings. The summed E-state index contributed by atoms with van der Waals surface area (Å²) in [7, 11) is 0. The van der Waals surface area contributed by atoms with Gasteiger partial charge in [0.05, 0.1) is 13.0 Å². The van der Waals surface area contributed by atoms with Crippen molar-refractivity contribution in [2.75, 3.05) is 13.2 Å². The summed E-state index contributed by atoms with van der Waals surface area (Å²) in [5, 5.41) is 31.4. The summed E-state index contributed by atoms with van der Waals surface area (Å²) in [6, 6.07) is 0. The number of hydrogen-bond donors (Lipinski definition) is 3. The van der Waals surface area contributed by atoms with Crippen molar-refractivity contribution in [3.8, 4) is 0 Å². The van der Waals surface area contributed by atoms with Gasteiger partial charge in [0.25, 0.3) is 0 Å². The lowest BCUT2D eigenvalue weighted by Gasteiger charge is -2.40. The molecule has 0 aromatic rings. The minimum Gasteiger partial charge on any atom is -0.479 e. The van der Waals surface area contributed by atoms with Crippen molar-refractivity contribution in [3.05, 3.63) is 122 Å². The standard InChI is InChI=1S/C65H102O12/c1-4-7-10-13-16-19-22-25-27-28-29-30-32-34-36-39-42-45-48-51-57(66)73-54-56(75-58(67)52-49-46-43-40-37-33-24-21-18-15-12-9-6-3)55-74-65-63(61(70)60(69)62(77-65)64(71)72)76-59(68)53-50-47-44-41-38-35-31-26-23-20-17-14-11-8-5-2/h8,11-12,15-17,19-21,24-27,29-31,38,41,47,50,56,60-63,65,69-70H,4-7,9-10,13-14,18,22-23,28,32-37,39-40,42-46,48-49,51-55H2,1-3H3,(H,71,72)/b11-8-,15-12-,19-16-,20-17-,24-21-,27-25-,30-29-,31-26-,41-38-,50-47-. The third-order valence-corrected chi connectivity index (χ3v) is 12.5. The zero-order chi connectivity index (χ0) is 56.1. The van der Waals surface area contributed by atoms with Gasteiger partial charge in [-0.3, -0.25) is 14.4 Å². The van der Waals surface area contributed by atoms with E-state index in [0.29, 0.717) is 19.3 Å². The van der Waals surface area contributed by atoms with Gasteiger partial charge in [0.15, 0.2) is 24.6 Å². The van der Waals surface area contributed by atoms with Crippen molar-refractivity contribution < 1.29 is 58.2 Å². The van der Waals surface area contributed by atoms with E-state index >= 15 is 0 Å². The Balaban J connectivity index is 2.75. The molecule has 0 spiro atoms. The molecule has 0 radical (unpaired) electrons. The number of carbonyl (C=O) groups is 4. The maximum Gasteiger partial charge on any atom is 0.335 e. The molecule has 1 aliphatic rings. The minimum atomic E-state index is -1.94. The number of aliphatic hydroxyl groups is 2. The Morgan fingerprint density at radius 1 is 0.455 bits per heavy atom. The Kier molecular flexibility index (Phi) is 47.2. The van der Waals surface area contributed by atoms with E-state index in [2.05, 4.69) is 118 Å². The van der Waals surface area contributed by atoms with E-state index in [1.54, 1.807) is 12.2 Å². The van der Waals surface area contributed by atoms with Gasteiger partial charge in [-0.2, -0.15) is 0 Å². The van der Waals surface area contributed by atoms with Gasteiger partial charge in [-0.15, -0.1) is 0 Å². The Bertz CT molecular complexity index is 1800. The zero-order valence-corrected chi connectivity index (χ0v) is 47.7. The summed E-state index contributed by atoms with van der Waals surface area (Å²) < 4.78 is 28.3. The highest BCUT2D eigenvalue weighted by Gasteiger charge is 2.50. The Labute approximate surface area is 465 Å². The summed E-state index contributed by atoms with van der Waals surface area (Å²) in [6.45, 7) is 5.70. The number of carbonyl (C=O) groups excluding carboxylic acids is 3. The normalized spacial score (nSPS) is 18.9. The molecule has 0 aromatic heterocycles. The Morgan fingerprint density at radius 3 is 1.36 bits per heavy atom. The lowest BCUT2D eigenvalue weighted by molar-refractivity contribution is -0.301. The highest BCUT2D eigenvalue weighted by atomic mass is 16.7. The van der Waals surface area contributed by atoms with Crippen molar-refractivity contribution >= 4 is 23.9 Å². The third kappa shape index (κ3) is 41.8. The van der Waals surface area contributed by atoms with Gasteiger partial charge in [-0.1, -0.05) is 206 Å². The molecule has 0 saturated carbocycles. The van der Waals surface area contributed by atoms with E-state index in [1.165, 1.54) is 25.7 Å². The van der Waals surface area contributed by atoms with Crippen LogP contribution in [0.2, 0.25) is 0 Å². The van der Waals surface area contributed by atoms with Gasteiger partial charge in [-0.25, -0.2) is 4.79 Å². The first-order valence-electron chi connectivity index (χ1n) is 29.5. The lowest BCUT2D eigenvalue weighted by atomic mass is 9.98. The van der Waals surface area contributed by atoms with Crippen molar-refractivity contribution in [1.29, 1.82) is 0 Å². The van der Waals surface area contributed by atoms with Crippen molar-refractivity contribution in [2.45, 2.75) is 250 Å². The van der Waals surface area contributed by atoms with Crippen LogP contribution in [-0.4, -0.2) is 89.2 Å². The average molecular weight is 1080 g/mol. The van der Waals surface area contributed by atoms with Crippen LogP contribution in [0.3, 0.4) is 0 Å². The fourth-order valence-corrected chi connectivity index (χ4v) is 8.02. The summed E-state index contributed by atoms with van der Waals surface area (Å²) in [6.07, 6.45) is 59.1. The molecule has 0 bridgehead atoms. The highest BCUT2D eigenvalue weighted by Crippen LogP contribution is 2.26. The van der Waals surface area contributed by atoms with Crippen molar-refractivity contribution in [2.24, 2.45) is 0 Å². The molecule has 6 unspecified atom stereocenters. The molecular formula is C65H102O12. The quantitative estimate of drug-likeness (QED) is 0.0228. The SMILES string of the molecule is CC/C=C\C/C=C\C/C=C\C/C=C\C/C=C\CC(=O)OC1C(OCC(COC(=O)CCCCCCCC/C=C\C/C=C\C/C=C\CCCCC)OC(=O)CCCCCCC/C=C\C/C=C\CCC)OC(C(=O)O)C(O)C1O. The molecule has 3 N–H and O–H groups in total. The molecule has 1 rings (SSSR count). The molecule has 6 atom stereocenters. The summed E-state index contributed by atoms with van der Waals surface area (Å²) in [4.78, 5) is 51.1. The summed E-state index contributed by atoms with van der Waals surface area (Å²) >= 11 is 0. The van der Waals surface area contributed by atoms with Crippen LogP contribution in [0.4, 0.5) is 0 Å². The second-order valence-corrected chi connectivity index (χ2v) is 19.6. The van der Waals surface area contributed by atoms with Crippen LogP contribution in [0, 0.1) is 0 Å². The first-order chi connectivity index (χ1) is 37.6. The molecule has 0 aliphatic carbocycles. The second kappa shape index (κ2) is 51.9. The average Bonchev–Trinajstić information content (AvgIpc) is 3.42. The molecule has 12 heteroatoms. The van der Waals surface area contributed by atoms with E-state index < -0.39 is 67.3 Å². The number of hydrogen-bond acceptors (Lipinski definition) is 11. The second-order valence-electron chi connectivity index (χ2n) is 19.6. The van der Waals surface area contributed by atoms with Crippen LogP contribution in [0.25, 0.3) is 0 Å². The molecule has 12 nitrogen and oxygen atoms in total. The van der Waals surface area contributed by atoms with Gasteiger partial charge < -0.3 is 39.0 Å². The fraction of sp³-hybridized carbons (Fsp3) is 0.631. The van der Waals surface area contributed by atoms with Gasteiger partial charge in [-0.05, 0) is 109 Å². The van der Waals surface area contributed by atoms with Crippen LogP contribution >= 0.6 is 0 Å². The lowest BCUT2D eigenvalue weighted by Crippen LogP contribution is -2.61. The predicted octanol–water partition coefficient (Wildman–Crippen LogP) is 15.2. The van der Waals surface area contributed by atoms with Gasteiger partial charge in [0.1, 0.15) is 18.8 Å². The maximum absolute atomic E-state index is 13.1. The van der Waals surface area contributed by atoms with Crippen LogP contribution < -0.4 is 0 Å². The Hall–Kier alpha value is -4.88. The largest absolute Gasteiger partial charge is 0.479 e.